The number of benzene rings is 1. The molecular formula is C18H29ClN2. The van der Waals surface area contributed by atoms with Gasteiger partial charge in [0.25, 0.3) is 0 Å². The van der Waals surface area contributed by atoms with Crippen LogP contribution in [-0.2, 0) is 0 Å². The molecule has 0 radical (unpaired) electrons. The second kappa shape index (κ2) is 7.51. The molecule has 21 heavy (non-hydrogen) atoms. The Bertz CT molecular complexity index is 461. The Labute approximate surface area is 134 Å². The predicted octanol–water partition coefficient (Wildman–Crippen LogP) is 5.03. The smallest absolute Gasteiger partial charge is 0.0474 e. The molecule has 0 aliphatic carbocycles. The standard InChI is InChI=1S/C18H29ClN2/c1-5-9-20-15(4)17-7-6-16(12-18(17)19)21-10-8-13(2)11-14(21)3/h6-7,12-15,20H,5,8-11H2,1-4H3. The molecule has 1 aliphatic heterocycles. The number of hydrogen-bond donors (Lipinski definition) is 1. The number of halogens is 1. The Morgan fingerprint density at radius 1 is 1.38 bits per heavy atom. The van der Waals surface area contributed by atoms with E-state index >= 15 is 0 Å². The molecule has 1 aliphatic rings. The summed E-state index contributed by atoms with van der Waals surface area (Å²) in [6.45, 7) is 11.2. The zero-order valence-corrected chi connectivity index (χ0v) is 14.6. The topological polar surface area (TPSA) is 15.3 Å². The van der Waals surface area contributed by atoms with Gasteiger partial charge in [-0.2, -0.15) is 0 Å². The van der Waals surface area contributed by atoms with Crippen LogP contribution >= 0.6 is 11.6 Å². The van der Waals surface area contributed by atoms with Gasteiger partial charge in [0.15, 0.2) is 0 Å². The first-order valence-electron chi connectivity index (χ1n) is 8.32. The van der Waals surface area contributed by atoms with Crippen LogP contribution in [0.5, 0.6) is 0 Å². The quantitative estimate of drug-likeness (QED) is 0.821. The van der Waals surface area contributed by atoms with Crippen molar-refractivity contribution in [3.05, 3.63) is 28.8 Å². The zero-order valence-electron chi connectivity index (χ0n) is 13.8. The number of nitrogens with zero attached hydrogens (tertiary/aromatic N) is 1. The molecule has 1 aromatic rings. The van der Waals surface area contributed by atoms with E-state index in [2.05, 4.69) is 56.1 Å². The molecule has 2 nitrogen and oxygen atoms in total. The van der Waals surface area contributed by atoms with E-state index in [0.717, 1.165) is 30.5 Å². The molecule has 3 atom stereocenters. The highest BCUT2D eigenvalue weighted by atomic mass is 35.5. The van der Waals surface area contributed by atoms with Crippen LogP contribution in [0.2, 0.25) is 5.02 Å². The van der Waals surface area contributed by atoms with Gasteiger partial charge in [-0.25, -0.2) is 0 Å². The largest absolute Gasteiger partial charge is 0.369 e. The van der Waals surface area contributed by atoms with Crippen LogP contribution in [0.4, 0.5) is 5.69 Å². The summed E-state index contributed by atoms with van der Waals surface area (Å²) in [5.74, 6) is 0.837. The van der Waals surface area contributed by atoms with Gasteiger partial charge in [0, 0.05) is 29.3 Å². The van der Waals surface area contributed by atoms with Crippen molar-refractivity contribution in [2.75, 3.05) is 18.0 Å². The fourth-order valence-corrected chi connectivity index (χ4v) is 3.65. The third kappa shape index (κ3) is 4.14. The van der Waals surface area contributed by atoms with Gasteiger partial charge >= 0.3 is 0 Å². The average molecular weight is 309 g/mol. The monoisotopic (exact) mass is 308 g/mol. The van der Waals surface area contributed by atoms with Crippen LogP contribution in [0.15, 0.2) is 18.2 Å². The number of rotatable bonds is 5. The molecule has 0 amide bonds. The lowest BCUT2D eigenvalue weighted by molar-refractivity contribution is 0.378. The highest BCUT2D eigenvalue weighted by Gasteiger charge is 2.23. The van der Waals surface area contributed by atoms with Gasteiger partial charge in [0.2, 0.25) is 0 Å². The van der Waals surface area contributed by atoms with Gasteiger partial charge < -0.3 is 10.2 Å². The van der Waals surface area contributed by atoms with Crippen LogP contribution in [-0.4, -0.2) is 19.1 Å². The van der Waals surface area contributed by atoms with E-state index in [1.807, 2.05) is 0 Å². The van der Waals surface area contributed by atoms with Gasteiger partial charge in [-0.05, 0) is 63.3 Å². The Morgan fingerprint density at radius 3 is 2.76 bits per heavy atom. The van der Waals surface area contributed by atoms with E-state index < -0.39 is 0 Å². The van der Waals surface area contributed by atoms with Crippen LogP contribution in [0.3, 0.4) is 0 Å². The zero-order chi connectivity index (χ0) is 15.4. The fourth-order valence-electron chi connectivity index (χ4n) is 3.31. The van der Waals surface area contributed by atoms with Gasteiger partial charge in [-0.1, -0.05) is 31.5 Å². The van der Waals surface area contributed by atoms with Crippen LogP contribution in [0, 0.1) is 5.92 Å². The van der Waals surface area contributed by atoms with E-state index in [1.165, 1.54) is 24.1 Å². The number of hydrogen-bond acceptors (Lipinski definition) is 2. The van der Waals surface area contributed by atoms with Gasteiger partial charge in [0.05, 0.1) is 0 Å². The van der Waals surface area contributed by atoms with Crippen molar-refractivity contribution in [1.82, 2.24) is 5.32 Å². The number of nitrogens with one attached hydrogen (secondary N) is 1. The fraction of sp³-hybridized carbons (Fsp3) is 0.667. The third-order valence-corrected chi connectivity index (χ3v) is 4.95. The second-order valence-electron chi connectivity index (χ2n) is 6.55. The van der Waals surface area contributed by atoms with Crippen molar-refractivity contribution in [3.63, 3.8) is 0 Å². The summed E-state index contributed by atoms with van der Waals surface area (Å²) in [6.07, 6.45) is 3.69. The van der Waals surface area contributed by atoms with E-state index in [1.54, 1.807) is 0 Å². The molecule has 0 spiro atoms. The number of anilines is 1. The van der Waals surface area contributed by atoms with E-state index in [0.29, 0.717) is 12.1 Å². The molecule has 1 saturated heterocycles. The summed E-state index contributed by atoms with van der Waals surface area (Å²) in [4.78, 5) is 2.50. The molecule has 1 heterocycles. The molecule has 2 rings (SSSR count). The lowest BCUT2D eigenvalue weighted by atomic mass is 9.93. The van der Waals surface area contributed by atoms with Crippen LogP contribution < -0.4 is 10.2 Å². The van der Waals surface area contributed by atoms with E-state index in [4.69, 9.17) is 11.6 Å². The Kier molecular flexibility index (Phi) is 5.95. The Morgan fingerprint density at radius 2 is 2.14 bits per heavy atom. The molecule has 3 heteroatoms. The molecule has 0 aromatic heterocycles. The summed E-state index contributed by atoms with van der Waals surface area (Å²) in [7, 11) is 0. The highest BCUT2D eigenvalue weighted by molar-refractivity contribution is 6.31. The van der Waals surface area contributed by atoms with Gasteiger partial charge in [-0.3, -0.25) is 0 Å². The Hall–Kier alpha value is -0.730. The van der Waals surface area contributed by atoms with Crippen LogP contribution in [0.1, 0.15) is 58.6 Å². The predicted molar refractivity (Wildman–Crippen MR) is 93.4 cm³/mol. The summed E-state index contributed by atoms with van der Waals surface area (Å²) >= 11 is 6.53. The van der Waals surface area contributed by atoms with Crippen molar-refractivity contribution in [3.8, 4) is 0 Å². The minimum absolute atomic E-state index is 0.310. The SMILES string of the molecule is CCCNC(C)c1ccc(N2CCC(C)CC2C)cc1Cl. The maximum atomic E-state index is 6.53. The maximum Gasteiger partial charge on any atom is 0.0474 e. The molecule has 0 saturated carbocycles. The van der Waals surface area contributed by atoms with Gasteiger partial charge in [0.1, 0.15) is 0 Å². The average Bonchev–Trinajstić information content (AvgIpc) is 2.44. The van der Waals surface area contributed by atoms with Crippen molar-refractivity contribution < 1.29 is 0 Å². The highest BCUT2D eigenvalue weighted by Crippen LogP contribution is 2.32. The molecule has 1 N–H and O–H groups in total. The molecule has 118 valence electrons. The second-order valence-corrected chi connectivity index (χ2v) is 6.96. The van der Waals surface area contributed by atoms with Crippen LogP contribution in [0.25, 0.3) is 0 Å². The minimum Gasteiger partial charge on any atom is -0.369 e. The summed E-state index contributed by atoms with van der Waals surface area (Å²) in [5.41, 5.74) is 2.47. The normalized spacial score (nSPS) is 24.1. The minimum atomic E-state index is 0.310. The summed E-state index contributed by atoms with van der Waals surface area (Å²) in [5, 5.41) is 4.39. The first-order chi connectivity index (χ1) is 10.0. The third-order valence-electron chi connectivity index (χ3n) is 4.62. The van der Waals surface area contributed by atoms with E-state index in [9.17, 15) is 0 Å². The van der Waals surface area contributed by atoms with Gasteiger partial charge in [-0.15, -0.1) is 0 Å². The lowest BCUT2D eigenvalue weighted by Crippen LogP contribution is -2.40. The molecule has 0 bridgehead atoms. The van der Waals surface area contributed by atoms with Crippen molar-refractivity contribution >= 4 is 17.3 Å². The first-order valence-corrected chi connectivity index (χ1v) is 8.70. The molecule has 3 unspecified atom stereocenters. The lowest BCUT2D eigenvalue weighted by Gasteiger charge is -2.38. The van der Waals surface area contributed by atoms with Crippen molar-refractivity contribution in [2.45, 2.75) is 59.0 Å². The molecule has 1 fully saturated rings. The summed E-state index contributed by atoms with van der Waals surface area (Å²) in [6, 6.07) is 7.48. The molecule has 1 aromatic carbocycles. The number of piperidine rings is 1. The van der Waals surface area contributed by atoms with Crippen molar-refractivity contribution in [2.24, 2.45) is 5.92 Å². The summed E-state index contributed by atoms with van der Waals surface area (Å²) < 4.78 is 0. The Balaban J connectivity index is 2.11. The van der Waals surface area contributed by atoms with Crippen molar-refractivity contribution in [1.29, 1.82) is 0 Å². The van der Waals surface area contributed by atoms with E-state index in [-0.39, 0.29) is 0 Å². The molecular weight excluding hydrogens is 280 g/mol. The first kappa shape index (κ1) is 16.6. The maximum absolute atomic E-state index is 6.53.